The number of hydrogen-bond donors (Lipinski definition) is 4. The van der Waals surface area contributed by atoms with E-state index in [1.165, 1.54) is 30.5 Å². The van der Waals surface area contributed by atoms with Gasteiger partial charge in [-0.15, -0.1) is 0 Å². The highest BCUT2D eigenvalue weighted by molar-refractivity contribution is 6.43. The number of amides is 4. The molecule has 2 aromatic carbocycles. The summed E-state index contributed by atoms with van der Waals surface area (Å²) < 4.78 is 5.43. The van der Waals surface area contributed by atoms with E-state index in [1.807, 2.05) is 30.3 Å². The van der Waals surface area contributed by atoms with Crippen LogP contribution in [0.4, 0.5) is 5.69 Å². The second kappa shape index (κ2) is 12.4. The second-order valence-corrected chi connectivity index (χ2v) is 7.75. The van der Waals surface area contributed by atoms with Crippen molar-refractivity contribution in [2.75, 3.05) is 5.32 Å². The molecule has 0 saturated carbocycles. The standard InChI is InChI=1S/C23H19Cl2N5O5/c24-18-9-6-15(10-19(18)25)29-22(33)20(31)27-12-16-7-8-17(35-16)13-28-30-23(34)21(32)26-11-14-4-2-1-3-5-14/h1-10,13H,11-12H2,(H,26,32)(H,27,31)(H,29,33)(H,30,34)/b28-13+. The molecule has 0 saturated heterocycles. The van der Waals surface area contributed by atoms with Gasteiger partial charge in [-0.25, -0.2) is 5.43 Å². The van der Waals surface area contributed by atoms with E-state index in [0.717, 1.165) is 5.56 Å². The van der Waals surface area contributed by atoms with Crippen molar-refractivity contribution in [1.29, 1.82) is 0 Å². The van der Waals surface area contributed by atoms with Gasteiger partial charge in [-0.2, -0.15) is 5.10 Å². The van der Waals surface area contributed by atoms with Crippen LogP contribution in [0.3, 0.4) is 0 Å². The second-order valence-electron chi connectivity index (χ2n) is 6.94. The molecule has 0 aliphatic heterocycles. The van der Waals surface area contributed by atoms with Gasteiger partial charge >= 0.3 is 23.6 Å². The lowest BCUT2D eigenvalue weighted by Gasteiger charge is -2.06. The molecular formula is C23H19Cl2N5O5. The molecule has 0 unspecified atom stereocenters. The first kappa shape index (κ1) is 25.5. The lowest BCUT2D eigenvalue weighted by molar-refractivity contribution is -0.139. The van der Waals surface area contributed by atoms with Gasteiger partial charge in [-0.3, -0.25) is 19.2 Å². The van der Waals surface area contributed by atoms with Gasteiger partial charge in [0.05, 0.1) is 22.8 Å². The Morgan fingerprint density at radius 3 is 2.26 bits per heavy atom. The molecule has 0 fully saturated rings. The minimum atomic E-state index is -0.941. The van der Waals surface area contributed by atoms with Gasteiger partial charge in [0.15, 0.2) is 0 Å². The van der Waals surface area contributed by atoms with Crippen molar-refractivity contribution in [1.82, 2.24) is 16.1 Å². The molecule has 0 aliphatic rings. The lowest BCUT2D eigenvalue weighted by Crippen LogP contribution is -2.37. The summed E-state index contributed by atoms with van der Waals surface area (Å²) in [5, 5.41) is 11.5. The molecule has 35 heavy (non-hydrogen) atoms. The number of hydrogen-bond acceptors (Lipinski definition) is 6. The molecule has 0 spiro atoms. The first-order chi connectivity index (χ1) is 16.8. The van der Waals surface area contributed by atoms with Crippen LogP contribution >= 0.6 is 23.2 Å². The van der Waals surface area contributed by atoms with Crippen LogP contribution in [-0.2, 0) is 32.3 Å². The third kappa shape index (κ3) is 7.98. The van der Waals surface area contributed by atoms with Gasteiger partial charge in [-0.1, -0.05) is 53.5 Å². The molecule has 0 aliphatic carbocycles. The quantitative estimate of drug-likeness (QED) is 0.217. The first-order valence-corrected chi connectivity index (χ1v) is 10.9. The average molecular weight is 516 g/mol. The van der Waals surface area contributed by atoms with Crippen molar-refractivity contribution < 1.29 is 23.6 Å². The number of anilines is 1. The van der Waals surface area contributed by atoms with Gasteiger partial charge in [0.2, 0.25) is 0 Å². The van der Waals surface area contributed by atoms with Crippen LogP contribution < -0.4 is 21.4 Å². The van der Waals surface area contributed by atoms with Gasteiger partial charge in [0, 0.05) is 12.2 Å². The summed E-state index contributed by atoms with van der Waals surface area (Å²) in [6.07, 6.45) is 1.19. The lowest BCUT2D eigenvalue weighted by atomic mass is 10.2. The van der Waals surface area contributed by atoms with E-state index in [2.05, 4.69) is 26.5 Å². The average Bonchev–Trinajstić information content (AvgIpc) is 3.31. The Morgan fingerprint density at radius 2 is 1.51 bits per heavy atom. The Labute approximate surface area is 209 Å². The number of carbonyl (C=O) groups is 4. The summed E-state index contributed by atoms with van der Waals surface area (Å²) in [4.78, 5) is 47.6. The maximum Gasteiger partial charge on any atom is 0.329 e. The molecule has 1 heterocycles. The molecule has 3 aromatic rings. The molecule has 3 rings (SSSR count). The molecule has 0 radical (unpaired) electrons. The summed E-state index contributed by atoms with van der Waals surface area (Å²) in [6.45, 7) is 0.130. The zero-order valence-corrected chi connectivity index (χ0v) is 19.5. The van der Waals surface area contributed by atoms with E-state index in [9.17, 15) is 19.2 Å². The normalized spacial score (nSPS) is 10.6. The first-order valence-electron chi connectivity index (χ1n) is 10.1. The smallest absolute Gasteiger partial charge is 0.329 e. The van der Waals surface area contributed by atoms with Crippen molar-refractivity contribution in [3.05, 3.63) is 87.8 Å². The van der Waals surface area contributed by atoms with E-state index >= 15 is 0 Å². The molecule has 4 amide bonds. The minimum Gasteiger partial charge on any atom is -0.458 e. The molecule has 1 aromatic heterocycles. The number of hydrazone groups is 1. The van der Waals surface area contributed by atoms with Crippen LogP contribution in [0.15, 0.2) is 70.2 Å². The van der Waals surface area contributed by atoms with Crippen LogP contribution in [0.2, 0.25) is 10.0 Å². The van der Waals surface area contributed by atoms with Gasteiger partial charge in [-0.05, 0) is 35.9 Å². The molecule has 10 nitrogen and oxygen atoms in total. The number of benzene rings is 2. The highest BCUT2D eigenvalue weighted by Crippen LogP contribution is 2.24. The van der Waals surface area contributed by atoms with Crippen LogP contribution in [0.25, 0.3) is 0 Å². The summed E-state index contributed by atoms with van der Waals surface area (Å²) in [6, 6.07) is 16.6. The molecule has 0 atom stereocenters. The summed E-state index contributed by atoms with van der Waals surface area (Å²) in [5.41, 5.74) is 3.25. The van der Waals surface area contributed by atoms with Gasteiger partial charge in [0.1, 0.15) is 11.5 Å². The van der Waals surface area contributed by atoms with Crippen LogP contribution in [0.5, 0.6) is 0 Å². The predicted molar refractivity (Wildman–Crippen MR) is 130 cm³/mol. The number of rotatable bonds is 7. The number of nitrogens with zero attached hydrogens (tertiary/aromatic N) is 1. The maximum absolute atomic E-state index is 12.0. The van der Waals surface area contributed by atoms with Crippen LogP contribution in [0.1, 0.15) is 17.1 Å². The SMILES string of the molecule is O=C(NCc1ccccc1)C(=O)N/N=C/c1ccc(CNC(=O)C(=O)Nc2ccc(Cl)c(Cl)c2)o1. The Morgan fingerprint density at radius 1 is 0.800 bits per heavy atom. The van der Waals surface area contributed by atoms with E-state index in [1.54, 1.807) is 6.07 Å². The highest BCUT2D eigenvalue weighted by atomic mass is 35.5. The third-order valence-corrected chi connectivity index (χ3v) is 5.09. The maximum atomic E-state index is 12.0. The highest BCUT2D eigenvalue weighted by Gasteiger charge is 2.15. The van der Waals surface area contributed by atoms with Crippen molar-refractivity contribution in [3.63, 3.8) is 0 Å². The summed E-state index contributed by atoms with van der Waals surface area (Å²) in [5.74, 6) is -2.99. The van der Waals surface area contributed by atoms with Crippen molar-refractivity contribution in [3.8, 4) is 0 Å². The zero-order valence-electron chi connectivity index (χ0n) is 18.0. The minimum absolute atomic E-state index is 0.0737. The van der Waals surface area contributed by atoms with E-state index in [4.69, 9.17) is 27.6 Å². The van der Waals surface area contributed by atoms with Crippen molar-refractivity contribution in [2.45, 2.75) is 13.1 Å². The van der Waals surface area contributed by atoms with Crippen molar-refractivity contribution >= 4 is 58.7 Å². The Hall–Kier alpha value is -4.15. The topological polar surface area (TPSA) is 142 Å². The molecule has 180 valence electrons. The molecule has 12 heteroatoms. The summed E-state index contributed by atoms with van der Waals surface area (Å²) >= 11 is 11.7. The number of halogens is 2. The van der Waals surface area contributed by atoms with E-state index in [-0.39, 0.29) is 23.9 Å². The fraction of sp³-hybridized carbons (Fsp3) is 0.0870. The van der Waals surface area contributed by atoms with Gasteiger partial charge in [0.25, 0.3) is 0 Å². The van der Waals surface area contributed by atoms with E-state index < -0.39 is 23.6 Å². The number of furan rings is 1. The summed E-state index contributed by atoms with van der Waals surface area (Å²) in [7, 11) is 0. The van der Waals surface area contributed by atoms with Gasteiger partial charge < -0.3 is 20.4 Å². The monoisotopic (exact) mass is 515 g/mol. The van der Waals surface area contributed by atoms with Crippen LogP contribution in [-0.4, -0.2) is 29.8 Å². The largest absolute Gasteiger partial charge is 0.458 e. The zero-order chi connectivity index (χ0) is 25.2. The molecule has 0 bridgehead atoms. The predicted octanol–water partition coefficient (Wildman–Crippen LogP) is 2.61. The third-order valence-electron chi connectivity index (χ3n) is 4.35. The Balaban J connectivity index is 1.41. The fourth-order valence-electron chi connectivity index (χ4n) is 2.63. The Kier molecular flexibility index (Phi) is 8.99. The van der Waals surface area contributed by atoms with Crippen molar-refractivity contribution in [2.24, 2.45) is 5.10 Å². The van der Waals surface area contributed by atoms with Crippen LogP contribution in [0, 0.1) is 0 Å². The number of carbonyl (C=O) groups excluding carboxylic acids is 4. The molecule has 4 N–H and O–H groups in total. The molecular weight excluding hydrogens is 497 g/mol. The fourth-order valence-corrected chi connectivity index (χ4v) is 2.93. The number of nitrogens with one attached hydrogen (secondary N) is 4. The van der Waals surface area contributed by atoms with E-state index in [0.29, 0.717) is 16.5 Å². The Bertz CT molecular complexity index is 1260.